The summed E-state index contributed by atoms with van der Waals surface area (Å²) in [5.74, 6) is 1.87. The SMILES string of the molecule is Brc1cncnc1N(CC1CCNCC1)C1CC1. The number of rotatable bonds is 4. The van der Waals surface area contributed by atoms with Gasteiger partial charge in [0, 0.05) is 18.8 Å². The molecule has 0 amide bonds. The molecule has 98 valence electrons. The first-order valence-corrected chi connectivity index (χ1v) is 7.57. The minimum absolute atomic E-state index is 0.700. The zero-order chi connectivity index (χ0) is 12.4. The van der Waals surface area contributed by atoms with Gasteiger partial charge in [-0.2, -0.15) is 0 Å². The minimum Gasteiger partial charge on any atom is -0.352 e. The second kappa shape index (κ2) is 5.53. The van der Waals surface area contributed by atoms with Crippen molar-refractivity contribution in [3.8, 4) is 0 Å². The predicted octanol–water partition coefficient (Wildman–Crippen LogP) is 2.21. The van der Waals surface area contributed by atoms with E-state index in [0.29, 0.717) is 6.04 Å². The van der Waals surface area contributed by atoms with Crippen molar-refractivity contribution >= 4 is 21.7 Å². The van der Waals surface area contributed by atoms with Crippen molar-refractivity contribution in [1.82, 2.24) is 15.3 Å². The third-order valence-electron chi connectivity index (χ3n) is 3.82. The summed E-state index contributed by atoms with van der Waals surface area (Å²) in [6.45, 7) is 3.46. The van der Waals surface area contributed by atoms with Crippen LogP contribution >= 0.6 is 15.9 Å². The highest BCUT2D eigenvalue weighted by Gasteiger charge is 2.32. The monoisotopic (exact) mass is 310 g/mol. The van der Waals surface area contributed by atoms with E-state index in [1.807, 2.05) is 6.20 Å². The molecule has 1 aromatic heterocycles. The number of hydrogen-bond donors (Lipinski definition) is 1. The van der Waals surface area contributed by atoms with E-state index in [9.17, 15) is 0 Å². The molecule has 0 unspecified atom stereocenters. The predicted molar refractivity (Wildman–Crippen MR) is 75.7 cm³/mol. The first kappa shape index (κ1) is 12.4. The quantitative estimate of drug-likeness (QED) is 0.925. The Labute approximate surface area is 116 Å². The molecule has 1 saturated heterocycles. The molecule has 0 radical (unpaired) electrons. The Balaban J connectivity index is 1.73. The van der Waals surface area contributed by atoms with Gasteiger partial charge < -0.3 is 10.2 Å². The minimum atomic E-state index is 0.700. The van der Waals surface area contributed by atoms with Gasteiger partial charge in [-0.15, -0.1) is 0 Å². The lowest BCUT2D eigenvalue weighted by Crippen LogP contribution is -2.37. The van der Waals surface area contributed by atoms with E-state index in [0.717, 1.165) is 35.8 Å². The van der Waals surface area contributed by atoms with E-state index >= 15 is 0 Å². The zero-order valence-electron chi connectivity index (χ0n) is 10.5. The van der Waals surface area contributed by atoms with E-state index in [2.05, 4.69) is 36.1 Å². The lowest BCUT2D eigenvalue weighted by Gasteiger charge is -2.31. The Morgan fingerprint density at radius 1 is 1.28 bits per heavy atom. The summed E-state index contributed by atoms with van der Waals surface area (Å²) >= 11 is 3.58. The molecule has 0 aromatic carbocycles. The van der Waals surface area contributed by atoms with Crippen molar-refractivity contribution in [1.29, 1.82) is 0 Å². The smallest absolute Gasteiger partial charge is 0.146 e. The second-order valence-corrected chi connectivity index (χ2v) is 6.13. The Morgan fingerprint density at radius 2 is 2.06 bits per heavy atom. The third kappa shape index (κ3) is 2.83. The highest BCUT2D eigenvalue weighted by atomic mass is 79.9. The first-order valence-electron chi connectivity index (χ1n) is 6.77. The van der Waals surface area contributed by atoms with Crippen LogP contribution in [0, 0.1) is 5.92 Å². The van der Waals surface area contributed by atoms with E-state index < -0.39 is 0 Å². The number of piperidine rings is 1. The van der Waals surface area contributed by atoms with Gasteiger partial charge in [0.15, 0.2) is 0 Å². The summed E-state index contributed by atoms with van der Waals surface area (Å²) in [6.07, 6.45) is 8.68. The molecule has 2 aliphatic rings. The molecule has 0 spiro atoms. The van der Waals surface area contributed by atoms with Crippen LogP contribution in [0.5, 0.6) is 0 Å². The molecule has 0 bridgehead atoms. The largest absolute Gasteiger partial charge is 0.352 e. The summed E-state index contributed by atoms with van der Waals surface area (Å²) in [4.78, 5) is 11.0. The average molecular weight is 311 g/mol. The third-order valence-corrected chi connectivity index (χ3v) is 4.38. The summed E-state index contributed by atoms with van der Waals surface area (Å²) in [5.41, 5.74) is 0. The Morgan fingerprint density at radius 3 is 2.72 bits per heavy atom. The number of hydrogen-bond acceptors (Lipinski definition) is 4. The Bertz CT molecular complexity index is 402. The zero-order valence-corrected chi connectivity index (χ0v) is 12.1. The number of halogens is 1. The fourth-order valence-corrected chi connectivity index (χ4v) is 3.10. The van der Waals surface area contributed by atoms with Crippen molar-refractivity contribution in [2.24, 2.45) is 5.92 Å². The Kier molecular flexibility index (Phi) is 3.80. The maximum absolute atomic E-state index is 4.46. The molecular formula is C13H19BrN4. The summed E-state index contributed by atoms with van der Waals surface area (Å²) < 4.78 is 1.02. The number of anilines is 1. The van der Waals surface area contributed by atoms with Crippen LogP contribution in [0.4, 0.5) is 5.82 Å². The van der Waals surface area contributed by atoms with E-state index in [-0.39, 0.29) is 0 Å². The summed E-state index contributed by atoms with van der Waals surface area (Å²) in [7, 11) is 0. The fourth-order valence-electron chi connectivity index (χ4n) is 2.65. The number of nitrogens with zero attached hydrogens (tertiary/aromatic N) is 3. The highest BCUT2D eigenvalue weighted by molar-refractivity contribution is 9.10. The molecule has 2 fully saturated rings. The molecule has 4 nitrogen and oxygen atoms in total. The summed E-state index contributed by atoms with van der Waals surface area (Å²) in [5, 5.41) is 3.43. The number of nitrogens with one attached hydrogen (secondary N) is 1. The van der Waals surface area contributed by atoms with Gasteiger partial charge in [-0.3, -0.25) is 0 Å². The molecule has 1 N–H and O–H groups in total. The maximum atomic E-state index is 4.46. The van der Waals surface area contributed by atoms with Gasteiger partial charge in [-0.05, 0) is 60.6 Å². The summed E-state index contributed by atoms with van der Waals surface area (Å²) in [6, 6.07) is 0.700. The normalized spacial score (nSPS) is 20.9. The molecule has 1 aromatic rings. The van der Waals surface area contributed by atoms with Crippen LogP contribution in [0.25, 0.3) is 0 Å². The van der Waals surface area contributed by atoms with E-state index in [1.54, 1.807) is 6.33 Å². The van der Waals surface area contributed by atoms with Crippen LogP contribution in [0.15, 0.2) is 17.0 Å². The van der Waals surface area contributed by atoms with Gasteiger partial charge in [0.1, 0.15) is 12.1 Å². The molecule has 1 aliphatic carbocycles. The van der Waals surface area contributed by atoms with Crippen molar-refractivity contribution in [3.63, 3.8) is 0 Å². The van der Waals surface area contributed by atoms with Gasteiger partial charge in [0.2, 0.25) is 0 Å². The topological polar surface area (TPSA) is 41.1 Å². The van der Waals surface area contributed by atoms with Crippen molar-refractivity contribution in [3.05, 3.63) is 17.0 Å². The molecule has 3 rings (SSSR count). The molecule has 1 aliphatic heterocycles. The van der Waals surface area contributed by atoms with Gasteiger partial charge >= 0.3 is 0 Å². The van der Waals surface area contributed by atoms with Crippen LogP contribution in [0.1, 0.15) is 25.7 Å². The van der Waals surface area contributed by atoms with Gasteiger partial charge in [-0.25, -0.2) is 9.97 Å². The van der Waals surface area contributed by atoms with Crippen molar-refractivity contribution < 1.29 is 0 Å². The Hall–Kier alpha value is -0.680. The standard InChI is InChI=1S/C13H19BrN4/c14-12-7-16-9-17-13(12)18(11-1-2-11)8-10-3-5-15-6-4-10/h7,9-11,15H,1-6,8H2. The van der Waals surface area contributed by atoms with Crippen LogP contribution in [-0.4, -0.2) is 35.6 Å². The molecule has 5 heteroatoms. The molecule has 0 atom stereocenters. The molecule has 2 heterocycles. The molecule has 1 saturated carbocycles. The van der Waals surface area contributed by atoms with E-state index in [4.69, 9.17) is 0 Å². The first-order chi connectivity index (χ1) is 8.84. The van der Waals surface area contributed by atoms with Gasteiger partial charge in [0.25, 0.3) is 0 Å². The molecule has 18 heavy (non-hydrogen) atoms. The van der Waals surface area contributed by atoms with Crippen LogP contribution in [0.3, 0.4) is 0 Å². The van der Waals surface area contributed by atoms with Crippen LogP contribution < -0.4 is 10.2 Å². The molecular weight excluding hydrogens is 292 g/mol. The van der Waals surface area contributed by atoms with Gasteiger partial charge in [0.05, 0.1) is 4.47 Å². The highest BCUT2D eigenvalue weighted by Crippen LogP contribution is 2.35. The van der Waals surface area contributed by atoms with Crippen LogP contribution in [0.2, 0.25) is 0 Å². The average Bonchev–Trinajstić information content (AvgIpc) is 3.23. The van der Waals surface area contributed by atoms with E-state index in [1.165, 1.54) is 25.7 Å². The lowest BCUT2D eigenvalue weighted by molar-refractivity contribution is 0.372. The maximum Gasteiger partial charge on any atom is 0.146 e. The fraction of sp³-hybridized carbons (Fsp3) is 0.692. The second-order valence-electron chi connectivity index (χ2n) is 5.27. The van der Waals surface area contributed by atoms with Crippen molar-refractivity contribution in [2.45, 2.75) is 31.7 Å². The van der Waals surface area contributed by atoms with Gasteiger partial charge in [-0.1, -0.05) is 0 Å². The lowest BCUT2D eigenvalue weighted by atomic mass is 9.97. The van der Waals surface area contributed by atoms with Crippen molar-refractivity contribution in [2.75, 3.05) is 24.5 Å². The van der Waals surface area contributed by atoms with Crippen LogP contribution in [-0.2, 0) is 0 Å². The number of aromatic nitrogens is 2.